The highest BCUT2D eigenvalue weighted by molar-refractivity contribution is 6.05. The van der Waals surface area contributed by atoms with Crippen molar-refractivity contribution in [1.29, 1.82) is 0 Å². The predicted octanol–water partition coefficient (Wildman–Crippen LogP) is 4.79. The Kier molecular flexibility index (Phi) is 4.21. The first-order valence-electron chi connectivity index (χ1n) is 7.79. The first kappa shape index (κ1) is 16.0. The molecule has 1 aromatic heterocycles. The molecule has 3 nitrogen and oxygen atoms in total. The van der Waals surface area contributed by atoms with E-state index in [1.165, 1.54) is 12.1 Å². The summed E-state index contributed by atoms with van der Waals surface area (Å²) in [7, 11) is 0. The highest BCUT2D eigenvalue weighted by atomic mass is 19.1. The van der Waals surface area contributed by atoms with Crippen molar-refractivity contribution >= 4 is 11.6 Å². The maximum atomic E-state index is 13.1. The van der Waals surface area contributed by atoms with Crippen molar-refractivity contribution in [2.24, 2.45) is 0 Å². The van der Waals surface area contributed by atoms with Crippen LogP contribution in [-0.2, 0) is 0 Å². The molecule has 1 amide bonds. The number of halogens is 1. The lowest BCUT2D eigenvalue weighted by Gasteiger charge is -2.11. The molecule has 4 heteroatoms. The van der Waals surface area contributed by atoms with Crippen LogP contribution in [-0.4, -0.2) is 10.5 Å². The average Bonchev–Trinajstić information content (AvgIpc) is 2.85. The van der Waals surface area contributed by atoms with Crippen LogP contribution in [0.5, 0.6) is 0 Å². The van der Waals surface area contributed by atoms with E-state index in [1.807, 2.05) is 55.7 Å². The van der Waals surface area contributed by atoms with Gasteiger partial charge in [0.2, 0.25) is 0 Å². The number of anilines is 1. The van der Waals surface area contributed by atoms with Gasteiger partial charge in [-0.15, -0.1) is 0 Å². The molecular weight excluding hydrogens is 303 g/mol. The van der Waals surface area contributed by atoms with Crippen LogP contribution in [0.25, 0.3) is 5.69 Å². The molecule has 3 rings (SSSR count). The fourth-order valence-corrected chi connectivity index (χ4v) is 2.88. The van der Waals surface area contributed by atoms with E-state index in [1.54, 1.807) is 12.1 Å². The molecule has 0 bridgehead atoms. The Hall–Kier alpha value is -2.88. The van der Waals surface area contributed by atoms with Crippen LogP contribution in [0.15, 0.2) is 54.6 Å². The molecule has 0 aliphatic heterocycles. The molecule has 0 saturated heterocycles. The summed E-state index contributed by atoms with van der Waals surface area (Å²) in [6.45, 7) is 5.78. The molecule has 0 aliphatic carbocycles. The highest BCUT2D eigenvalue weighted by Gasteiger charge is 2.17. The lowest BCUT2D eigenvalue weighted by Crippen LogP contribution is -2.13. The summed E-state index contributed by atoms with van der Waals surface area (Å²) in [5, 5.41) is 2.96. The Morgan fingerprint density at radius 1 is 1.00 bits per heavy atom. The summed E-state index contributed by atoms with van der Waals surface area (Å²) < 4.78 is 15.1. The van der Waals surface area contributed by atoms with Crippen LogP contribution in [0.3, 0.4) is 0 Å². The zero-order valence-corrected chi connectivity index (χ0v) is 13.9. The fourth-order valence-electron chi connectivity index (χ4n) is 2.88. The zero-order valence-electron chi connectivity index (χ0n) is 13.9. The number of aryl methyl sites for hydroxylation is 2. The fraction of sp³-hybridized carbons (Fsp3) is 0.150. The Labute approximate surface area is 140 Å². The lowest BCUT2D eigenvalue weighted by atomic mass is 10.1. The van der Waals surface area contributed by atoms with Crippen molar-refractivity contribution < 1.29 is 9.18 Å². The Balaban J connectivity index is 1.95. The Morgan fingerprint density at radius 3 is 2.33 bits per heavy atom. The van der Waals surface area contributed by atoms with Crippen LogP contribution < -0.4 is 5.32 Å². The molecule has 1 heterocycles. The SMILES string of the molecule is Cc1ccccc1NC(=O)c1cc(C)n(-c2ccc(F)cc2)c1C. The minimum atomic E-state index is -0.279. The number of carbonyl (C=O) groups excluding carboxylic acids is 1. The van der Waals surface area contributed by atoms with Crippen molar-refractivity contribution in [2.75, 3.05) is 5.32 Å². The van der Waals surface area contributed by atoms with Gasteiger partial charge in [0.25, 0.3) is 5.91 Å². The summed E-state index contributed by atoms with van der Waals surface area (Å²) in [6.07, 6.45) is 0. The maximum Gasteiger partial charge on any atom is 0.257 e. The smallest absolute Gasteiger partial charge is 0.257 e. The molecule has 0 spiro atoms. The highest BCUT2D eigenvalue weighted by Crippen LogP contribution is 2.23. The molecule has 1 N–H and O–H groups in total. The van der Waals surface area contributed by atoms with E-state index in [9.17, 15) is 9.18 Å². The largest absolute Gasteiger partial charge is 0.322 e. The van der Waals surface area contributed by atoms with Gasteiger partial charge < -0.3 is 9.88 Å². The number of carbonyl (C=O) groups is 1. The van der Waals surface area contributed by atoms with Gasteiger partial charge in [-0.25, -0.2) is 4.39 Å². The van der Waals surface area contributed by atoms with Gasteiger partial charge in [0.1, 0.15) is 5.82 Å². The van der Waals surface area contributed by atoms with Crippen molar-refractivity contribution in [2.45, 2.75) is 20.8 Å². The van der Waals surface area contributed by atoms with E-state index in [-0.39, 0.29) is 11.7 Å². The number of hydrogen-bond acceptors (Lipinski definition) is 1. The van der Waals surface area contributed by atoms with E-state index >= 15 is 0 Å². The monoisotopic (exact) mass is 322 g/mol. The normalized spacial score (nSPS) is 10.7. The second-order valence-corrected chi connectivity index (χ2v) is 5.87. The number of para-hydroxylation sites is 1. The van der Waals surface area contributed by atoms with Crippen molar-refractivity contribution in [3.8, 4) is 5.69 Å². The van der Waals surface area contributed by atoms with E-state index in [0.717, 1.165) is 28.3 Å². The Bertz CT molecular complexity index is 895. The summed E-state index contributed by atoms with van der Waals surface area (Å²) in [5.74, 6) is -0.426. The number of benzene rings is 2. The molecule has 0 saturated carbocycles. The standard InChI is InChI=1S/C20H19FN2O/c1-13-6-4-5-7-19(13)22-20(24)18-12-14(2)23(15(18)3)17-10-8-16(21)9-11-17/h4-12H,1-3H3,(H,22,24). The van der Waals surface area contributed by atoms with Gasteiger partial charge in [-0.2, -0.15) is 0 Å². The van der Waals surface area contributed by atoms with Crippen molar-refractivity contribution in [3.63, 3.8) is 0 Å². The van der Waals surface area contributed by atoms with Crippen LogP contribution in [0.1, 0.15) is 27.3 Å². The Morgan fingerprint density at radius 2 is 1.67 bits per heavy atom. The minimum Gasteiger partial charge on any atom is -0.322 e. The first-order valence-corrected chi connectivity index (χ1v) is 7.79. The van der Waals surface area contributed by atoms with Gasteiger partial charge in [0.15, 0.2) is 0 Å². The van der Waals surface area contributed by atoms with E-state index in [2.05, 4.69) is 5.32 Å². The molecule has 0 radical (unpaired) electrons. The van der Waals surface area contributed by atoms with Gasteiger partial charge >= 0.3 is 0 Å². The molecular formula is C20H19FN2O. The second-order valence-electron chi connectivity index (χ2n) is 5.87. The third-order valence-corrected chi connectivity index (χ3v) is 4.15. The molecule has 0 fully saturated rings. The minimum absolute atomic E-state index is 0.147. The van der Waals surface area contributed by atoms with Crippen molar-refractivity contribution in [1.82, 2.24) is 4.57 Å². The molecule has 0 unspecified atom stereocenters. The number of nitrogens with one attached hydrogen (secondary N) is 1. The zero-order chi connectivity index (χ0) is 17.3. The van der Waals surface area contributed by atoms with E-state index in [4.69, 9.17) is 0 Å². The van der Waals surface area contributed by atoms with Crippen molar-refractivity contribution in [3.05, 3.63) is 82.9 Å². The number of hydrogen-bond donors (Lipinski definition) is 1. The summed E-state index contributed by atoms with van der Waals surface area (Å²) in [6, 6.07) is 15.8. The van der Waals surface area contributed by atoms with Gasteiger partial charge in [-0.05, 0) is 62.7 Å². The molecule has 122 valence electrons. The molecule has 0 atom stereocenters. The lowest BCUT2D eigenvalue weighted by molar-refractivity contribution is 0.102. The van der Waals surface area contributed by atoms with Crippen LogP contribution in [0.4, 0.5) is 10.1 Å². The number of aromatic nitrogens is 1. The third-order valence-electron chi connectivity index (χ3n) is 4.15. The average molecular weight is 322 g/mol. The van der Waals surface area contributed by atoms with Crippen LogP contribution >= 0.6 is 0 Å². The van der Waals surface area contributed by atoms with Gasteiger partial charge in [0.05, 0.1) is 5.56 Å². The molecule has 24 heavy (non-hydrogen) atoms. The molecule has 0 aliphatic rings. The van der Waals surface area contributed by atoms with E-state index in [0.29, 0.717) is 5.56 Å². The number of rotatable bonds is 3. The first-order chi connectivity index (χ1) is 11.5. The van der Waals surface area contributed by atoms with Gasteiger partial charge in [0, 0.05) is 22.8 Å². The van der Waals surface area contributed by atoms with Gasteiger partial charge in [-0.3, -0.25) is 4.79 Å². The third kappa shape index (κ3) is 2.95. The quantitative estimate of drug-likeness (QED) is 0.739. The molecule has 3 aromatic rings. The predicted molar refractivity (Wildman–Crippen MR) is 94.3 cm³/mol. The molecule has 2 aromatic carbocycles. The van der Waals surface area contributed by atoms with Crippen LogP contribution in [0.2, 0.25) is 0 Å². The van der Waals surface area contributed by atoms with Crippen LogP contribution in [0, 0.1) is 26.6 Å². The second kappa shape index (κ2) is 6.32. The number of nitrogens with zero attached hydrogens (tertiary/aromatic N) is 1. The summed E-state index contributed by atoms with van der Waals surface area (Å²) >= 11 is 0. The maximum absolute atomic E-state index is 13.1. The van der Waals surface area contributed by atoms with Gasteiger partial charge in [-0.1, -0.05) is 18.2 Å². The topological polar surface area (TPSA) is 34.0 Å². The summed E-state index contributed by atoms with van der Waals surface area (Å²) in [4.78, 5) is 12.7. The van der Waals surface area contributed by atoms with E-state index < -0.39 is 0 Å². The summed E-state index contributed by atoms with van der Waals surface area (Å²) in [5.41, 5.74) is 5.01. The number of amides is 1.